The maximum atomic E-state index is 4.09. The number of nitrogens with one attached hydrogen (secondary N) is 1. The summed E-state index contributed by atoms with van der Waals surface area (Å²) in [5, 5.41) is 7.66. The minimum absolute atomic E-state index is 0.809. The van der Waals surface area contributed by atoms with Crippen LogP contribution >= 0.6 is 11.5 Å². The van der Waals surface area contributed by atoms with Crippen molar-refractivity contribution in [1.82, 2.24) is 14.6 Å². The first-order chi connectivity index (χ1) is 5.95. The molecule has 1 N–H and O–H groups in total. The van der Waals surface area contributed by atoms with Gasteiger partial charge in [0, 0.05) is 17.7 Å². The molecule has 5 heteroatoms. The molecule has 2 aromatic rings. The summed E-state index contributed by atoms with van der Waals surface area (Å²) < 4.78 is 3.72. The minimum Gasteiger partial charge on any atom is -0.329 e. The summed E-state index contributed by atoms with van der Waals surface area (Å²) in [7, 11) is 0. The van der Waals surface area contributed by atoms with E-state index in [2.05, 4.69) is 19.9 Å². The number of hydrogen-bond donors (Lipinski definition) is 1. The van der Waals surface area contributed by atoms with Crippen LogP contribution in [0.3, 0.4) is 0 Å². The van der Waals surface area contributed by atoms with Crippen molar-refractivity contribution in [3.63, 3.8) is 0 Å². The molecule has 4 nitrogen and oxygen atoms in total. The number of aromatic nitrogens is 3. The van der Waals surface area contributed by atoms with Gasteiger partial charge in [0.25, 0.3) is 0 Å². The monoisotopic (exact) mass is 178 g/mol. The van der Waals surface area contributed by atoms with E-state index in [-0.39, 0.29) is 0 Å². The molecule has 0 unspecified atom stereocenters. The van der Waals surface area contributed by atoms with Crippen molar-refractivity contribution in [3.05, 3.63) is 30.6 Å². The first-order valence-corrected chi connectivity index (χ1v) is 4.18. The van der Waals surface area contributed by atoms with Gasteiger partial charge in [-0.1, -0.05) is 10.6 Å². The summed E-state index contributed by atoms with van der Waals surface area (Å²) in [5.74, 6) is 0.809. The van der Waals surface area contributed by atoms with Crippen LogP contribution in [0.25, 0.3) is 0 Å². The van der Waals surface area contributed by atoms with Crippen molar-refractivity contribution < 1.29 is 0 Å². The molecule has 0 spiro atoms. The largest absolute Gasteiger partial charge is 0.329 e. The highest BCUT2D eigenvalue weighted by Crippen LogP contribution is 2.14. The lowest BCUT2D eigenvalue weighted by molar-refractivity contribution is 1.16. The van der Waals surface area contributed by atoms with Gasteiger partial charge < -0.3 is 5.32 Å². The second kappa shape index (κ2) is 3.27. The molecule has 2 aromatic heterocycles. The Morgan fingerprint density at radius 2 is 2.33 bits per heavy atom. The van der Waals surface area contributed by atoms with Gasteiger partial charge in [-0.2, -0.15) is 0 Å². The van der Waals surface area contributed by atoms with E-state index < -0.39 is 0 Å². The summed E-state index contributed by atoms with van der Waals surface area (Å²) in [5.41, 5.74) is 0. The molecule has 0 fully saturated rings. The highest BCUT2D eigenvalue weighted by Gasteiger charge is 1.95. The van der Waals surface area contributed by atoms with Crippen molar-refractivity contribution in [1.29, 1.82) is 0 Å². The average Bonchev–Trinajstić information content (AvgIpc) is 2.59. The fourth-order valence-corrected chi connectivity index (χ4v) is 1.21. The smallest absolute Gasteiger partial charge is 0.135 e. The zero-order chi connectivity index (χ0) is 8.23. The summed E-state index contributed by atoms with van der Waals surface area (Å²) in [6.07, 6.45) is 3.40. The number of rotatable bonds is 2. The fourth-order valence-electron chi connectivity index (χ4n) is 0.785. The van der Waals surface area contributed by atoms with Gasteiger partial charge in [0.1, 0.15) is 10.8 Å². The van der Waals surface area contributed by atoms with Crippen LogP contribution in [0.2, 0.25) is 0 Å². The van der Waals surface area contributed by atoms with Crippen LogP contribution in [0.5, 0.6) is 0 Å². The third-order valence-corrected chi connectivity index (χ3v) is 1.86. The van der Waals surface area contributed by atoms with Gasteiger partial charge in [-0.3, -0.25) is 0 Å². The Hall–Kier alpha value is -1.49. The molecule has 0 amide bonds. The fraction of sp³-hybridized carbons (Fsp3) is 0. The molecule has 0 radical (unpaired) electrons. The molecule has 0 saturated carbocycles. The van der Waals surface area contributed by atoms with E-state index >= 15 is 0 Å². The van der Waals surface area contributed by atoms with Crippen LogP contribution in [-0.2, 0) is 0 Å². The van der Waals surface area contributed by atoms with E-state index in [1.165, 1.54) is 11.5 Å². The Morgan fingerprint density at radius 3 is 3.00 bits per heavy atom. The van der Waals surface area contributed by atoms with Crippen molar-refractivity contribution >= 4 is 22.4 Å². The SMILES string of the molecule is c1ccc(Nc2cnns2)nc1. The predicted molar refractivity (Wildman–Crippen MR) is 47.4 cm³/mol. The van der Waals surface area contributed by atoms with Crippen LogP contribution in [0.1, 0.15) is 0 Å². The van der Waals surface area contributed by atoms with Gasteiger partial charge >= 0.3 is 0 Å². The standard InChI is InChI=1S/C7H6N4S/c1-2-4-8-6(3-1)10-7-5-9-11-12-7/h1-5H,(H,8,10). The predicted octanol–water partition coefficient (Wildman–Crippen LogP) is 1.68. The van der Waals surface area contributed by atoms with Crippen LogP contribution in [0, 0.1) is 0 Å². The summed E-state index contributed by atoms with van der Waals surface area (Å²) in [6, 6.07) is 5.68. The van der Waals surface area contributed by atoms with Gasteiger partial charge in [-0.15, -0.1) is 5.10 Å². The second-order valence-corrected chi connectivity index (χ2v) is 2.91. The summed E-state index contributed by atoms with van der Waals surface area (Å²) >= 11 is 1.31. The normalized spacial score (nSPS) is 9.67. The molecule has 0 saturated heterocycles. The molecule has 0 atom stereocenters. The minimum atomic E-state index is 0.809. The van der Waals surface area contributed by atoms with Crippen LogP contribution in [0.4, 0.5) is 10.8 Å². The van der Waals surface area contributed by atoms with Crippen LogP contribution in [-0.4, -0.2) is 14.6 Å². The molecular formula is C7H6N4S. The molecule has 2 rings (SSSR count). The van der Waals surface area contributed by atoms with Crippen molar-refractivity contribution in [2.45, 2.75) is 0 Å². The van der Waals surface area contributed by atoms with E-state index in [0.717, 1.165) is 10.8 Å². The van der Waals surface area contributed by atoms with Crippen molar-refractivity contribution in [2.24, 2.45) is 0 Å². The molecule has 0 aromatic carbocycles. The summed E-state index contributed by atoms with van der Waals surface area (Å²) in [6.45, 7) is 0. The zero-order valence-corrected chi connectivity index (χ0v) is 6.95. The molecule has 0 aliphatic carbocycles. The number of nitrogens with zero attached hydrogens (tertiary/aromatic N) is 3. The molecule has 0 aliphatic heterocycles. The first-order valence-electron chi connectivity index (χ1n) is 3.40. The van der Waals surface area contributed by atoms with Gasteiger partial charge in [0.2, 0.25) is 0 Å². The highest BCUT2D eigenvalue weighted by molar-refractivity contribution is 7.09. The highest BCUT2D eigenvalue weighted by atomic mass is 32.1. The van der Waals surface area contributed by atoms with E-state index in [9.17, 15) is 0 Å². The molecule has 0 bridgehead atoms. The third-order valence-electron chi connectivity index (χ3n) is 1.28. The number of pyridine rings is 1. The Bertz CT molecular complexity index is 332. The lowest BCUT2D eigenvalue weighted by Gasteiger charge is -1.98. The van der Waals surface area contributed by atoms with Crippen molar-refractivity contribution in [3.8, 4) is 0 Å². The first kappa shape index (κ1) is 7.17. The van der Waals surface area contributed by atoms with Crippen molar-refractivity contribution in [2.75, 3.05) is 5.32 Å². The second-order valence-electron chi connectivity index (χ2n) is 2.12. The molecular weight excluding hydrogens is 172 g/mol. The van der Waals surface area contributed by atoms with Gasteiger partial charge in [0.15, 0.2) is 0 Å². The molecule has 0 aliphatic rings. The van der Waals surface area contributed by atoms with Crippen LogP contribution in [0.15, 0.2) is 30.6 Å². The zero-order valence-electron chi connectivity index (χ0n) is 6.14. The molecule has 60 valence electrons. The molecule has 2 heterocycles. The molecule has 12 heavy (non-hydrogen) atoms. The average molecular weight is 178 g/mol. The van der Waals surface area contributed by atoms with E-state index in [0.29, 0.717) is 0 Å². The maximum absolute atomic E-state index is 4.09. The van der Waals surface area contributed by atoms with Crippen LogP contribution < -0.4 is 5.32 Å². The summed E-state index contributed by atoms with van der Waals surface area (Å²) in [4.78, 5) is 4.09. The Morgan fingerprint density at radius 1 is 1.33 bits per heavy atom. The number of anilines is 2. The van der Waals surface area contributed by atoms with Gasteiger partial charge in [-0.05, 0) is 12.1 Å². The van der Waals surface area contributed by atoms with Gasteiger partial charge in [0.05, 0.1) is 6.20 Å². The third kappa shape index (κ3) is 1.57. The lowest BCUT2D eigenvalue weighted by Crippen LogP contribution is -1.88. The van der Waals surface area contributed by atoms with E-state index in [4.69, 9.17) is 0 Å². The van der Waals surface area contributed by atoms with Gasteiger partial charge in [-0.25, -0.2) is 4.98 Å². The Kier molecular flexibility index (Phi) is 1.96. The maximum Gasteiger partial charge on any atom is 0.135 e. The quantitative estimate of drug-likeness (QED) is 0.760. The number of hydrogen-bond acceptors (Lipinski definition) is 5. The Labute approximate surface area is 73.4 Å². The van der Waals surface area contributed by atoms with E-state index in [1.54, 1.807) is 12.4 Å². The topological polar surface area (TPSA) is 50.7 Å². The van der Waals surface area contributed by atoms with E-state index in [1.807, 2.05) is 18.2 Å². The Balaban J connectivity index is 2.15. The lowest BCUT2D eigenvalue weighted by atomic mass is 10.5.